The van der Waals surface area contributed by atoms with Crippen molar-refractivity contribution < 1.29 is 4.39 Å². The minimum Gasteiger partial charge on any atom is -0.315 e. The van der Waals surface area contributed by atoms with E-state index in [1.165, 1.54) is 49.3 Å². The number of hydrogen-bond acceptors (Lipinski definition) is 3. The Morgan fingerprint density at radius 1 is 1.18 bits per heavy atom. The van der Waals surface area contributed by atoms with Gasteiger partial charge in [-0.15, -0.1) is 0 Å². The van der Waals surface area contributed by atoms with Gasteiger partial charge in [-0.2, -0.15) is 5.26 Å². The minimum atomic E-state index is -0.429. The molecule has 0 amide bonds. The van der Waals surface area contributed by atoms with E-state index in [0.29, 0.717) is 24.0 Å². The molecule has 4 heteroatoms. The van der Waals surface area contributed by atoms with Crippen LogP contribution in [0.15, 0.2) is 36.4 Å². The molecule has 1 aliphatic carbocycles. The first-order chi connectivity index (χ1) is 13.7. The largest absolute Gasteiger partial charge is 0.315 e. The van der Waals surface area contributed by atoms with Crippen molar-refractivity contribution in [2.75, 3.05) is 7.05 Å². The number of rotatable bonds is 5. The molecule has 2 saturated heterocycles. The summed E-state index contributed by atoms with van der Waals surface area (Å²) in [5.74, 6) is 0.159. The van der Waals surface area contributed by atoms with Gasteiger partial charge in [0.25, 0.3) is 0 Å². The summed E-state index contributed by atoms with van der Waals surface area (Å²) in [6.45, 7) is 0.992. The van der Waals surface area contributed by atoms with E-state index < -0.39 is 5.82 Å². The summed E-state index contributed by atoms with van der Waals surface area (Å²) in [5, 5.41) is 12.5. The van der Waals surface area contributed by atoms with Crippen LogP contribution in [-0.4, -0.2) is 30.1 Å². The average molecular weight is 375 g/mol. The molecule has 144 valence electrons. The third-order valence-electron chi connectivity index (χ3n) is 6.99. The van der Waals surface area contributed by atoms with Crippen LogP contribution < -0.4 is 5.32 Å². The topological polar surface area (TPSA) is 39.1 Å². The fraction of sp³-hybridized carbons (Fsp3) is 0.458. The average Bonchev–Trinajstić information content (AvgIpc) is 3.43. The van der Waals surface area contributed by atoms with E-state index in [4.69, 9.17) is 5.26 Å². The number of hydrogen-bond donors (Lipinski definition) is 1. The molecule has 2 aromatic rings. The van der Waals surface area contributed by atoms with Gasteiger partial charge in [0.05, 0.1) is 5.56 Å². The lowest BCUT2D eigenvalue weighted by Crippen LogP contribution is -2.38. The van der Waals surface area contributed by atoms with Crippen LogP contribution in [-0.2, 0) is 6.54 Å². The zero-order valence-electron chi connectivity index (χ0n) is 16.3. The smallest absolute Gasteiger partial charge is 0.141 e. The predicted molar refractivity (Wildman–Crippen MR) is 108 cm³/mol. The van der Waals surface area contributed by atoms with E-state index in [-0.39, 0.29) is 5.56 Å². The Morgan fingerprint density at radius 2 is 2.04 bits per heavy atom. The van der Waals surface area contributed by atoms with Gasteiger partial charge in [-0.3, -0.25) is 4.90 Å². The van der Waals surface area contributed by atoms with E-state index in [9.17, 15) is 4.39 Å². The van der Waals surface area contributed by atoms with Crippen molar-refractivity contribution in [3.63, 3.8) is 0 Å². The van der Waals surface area contributed by atoms with Crippen LogP contribution >= 0.6 is 0 Å². The summed E-state index contributed by atoms with van der Waals surface area (Å²) in [5.41, 5.74) is 4.94. The lowest BCUT2D eigenvalue weighted by molar-refractivity contribution is 0.234. The number of benzene rings is 2. The zero-order chi connectivity index (χ0) is 19.3. The molecule has 2 heterocycles. The summed E-state index contributed by atoms with van der Waals surface area (Å²) >= 11 is 0. The van der Waals surface area contributed by atoms with Crippen LogP contribution in [0.3, 0.4) is 0 Å². The molecule has 5 rings (SSSR count). The summed E-state index contributed by atoms with van der Waals surface area (Å²) in [6.07, 6.45) is 6.28. The molecule has 0 spiro atoms. The number of halogens is 1. The number of nitriles is 1. The lowest BCUT2D eigenvalue weighted by atomic mass is 9.91. The highest BCUT2D eigenvalue weighted by atomic mass is 19.1. The fourth-order valence-electron chi connectivity index (χ4n) is 5.48. The molecule has 28 heavy (non-hydrogen) atoms. The molecule has 3 atom stereocenters. The summed E-state index contributed by atoms with van der Waals surface area (Å²) in [4.78, 5) is 2.70. The number of fused-ring (bicyclic) bond motifs is 2. The van der Waals surface area contributed by atoms with Gasteiger partial charge < -0.3 is 5.32 Å². The second-order valence-corrected chi connectivity index (χ2v) is 8.56. The Kier molecular flexibility index (Phi) is 4.45. The Bertz CT molecular complexity index is 943. The molecular weight excluding hydrogens is 349 g/mol. The normalized spacial score (nSPS) is 26.5. The SMILES string of the molecule is CN[C@H]1C[C@H]2CC[C@@H]1N2Cc1cccc(-c2ccc(C#N)c(F)c2)c1C1CC1. The molecule has 0 unspecified atom stereocenters. The van der Waals surface area contributed by atoms with Crippen molar-refractivity contribution in [2.24, 2.45) is 0 Å². The molecular formula is C24H26FN3. The molecule has 2 aromatic carbocycles. The van der Waals surface area contributed by atoms with Crippen molar-refractivity contribution >= 4 is 0 Å². The summed E-state index contributed by atoms with van der Waals surface area (Å²) in [6, 6.07) is 15.4. The van der Waals surface area contributed by atoms with Gasteiger partial charge in [0.2, 0.25) is 0 Å². The van der Waals surface area contributed by atoms with Crippen molar-refractivity contribution in [1.29, 1.82) is 5.26 Å². The summed E-state index contributed by atoms with van der Waals surface area (Å²) < 4.78 is 14.3. The first-order valence-electron chi connectivity index (χ1n) is 10.4. The van der Waals surface area contributed by atoms with Gasteiger partial charge >= 0.3 is 0 Å². The van der Waals surface area contributed by atoms with E-state index in [0.717, 1.165) is 17.7 Å². The number of likely N-dealkylation sites (N-methyl/N-ethyl adjacent to an activating group) is 1. The van der Waals surface area contributed by atoms with Gasteiger partial charge in [-0.05, 0) is 79.5 Å². The van der Waals surface area contributed by atoms with E-state index in [1.807, 2.05) is 12.1 Å². The monoisotopic (exact) mass is 375 g/mol. The van der Waals surface area contributed by atoms with E-state index in [1.54, 1.807) is 6.07 Å². The van der Waals surface area contributed by atoms with Gasteiger partial charge in [0.15, 0.2) is 0 Å². The molecule has 3 aliphatic rings. The summed E-state index contributed by atoms with van der Waals surface area (Å²) in [7, 11) is 2.08. The van der Waals surface area contributed by atoms with Crippen LogP contribution in [0.2, 0.25) is 0 Å². The maximum Gasteiger partial charge on any atom is 0.141 e. The lowest BCUT2D eigenvalue weighted by Gasteiger charge is -2.26. The predicted octanol–water partition coefficient (Wildman–Crippen LogP) is 4.57. The van der Waals surface area contributed by atoms with Crippen LogP contribution in [0, 0.1) is 17.1 Å². The standard InChI is InChI=1S/C24H26FN3/c1-27-22-12-19-9-10-23(22)28(19)14-18-3-2-4-20(24(18)15-5-6-15)16-7-8-17(13-26)21(25)11-16/h2-4,7-8,11,15,19,22-23,27H,5-6,9-10,12,14H2,1H3/t19-,22+,23+/m1/s1. The highest BCUT2D eigenvalue weighted by Crippen LogP contribution is 2.47. The van der Waals surface area contributed by atoms with Crippen molar-refractivity contribution in [3.05, 3.63) is 58.9 Å². The highest BCUT2D eigenvalue weighted by Gasteiger charge is 2.45. The van der Waals surface area contributed by atoms with Crippen molar-refractivity contribution in [3.8, 4) is 17.2 Å². The quantitative estimate of drug-likeness (QED) is 0.832. The Balaban J connectivity index is 1.51. The Hall–Kier alpha value is -2.22. The third kappa shape index (κ3) is 2.94. The molecule has 3 fully saturated rings. The second-order valence-electron chi connectivity index (χ2n) is 8.56. The van der Waals surface area contributed by atoms with Crippen molar-refractivity contribution in [1.82, 2.24) is 10.2 Å². The Morgan fingerprint density at radius 3 is 2.71 bits per heavy atom. The third-order valence-corrected chi connectivity index (χ3v) is 6.99. The van der Waals surface area contributed by atoms with Gasteiger partial charge in [0, 0.05) is 24.7 Å². The number of nitrogens with zero attached hydrogens (tertiary/aromatic N) is 2. The number of nitrogens with one attached hydrogen (secondary N) is 1. The first kappa shape index (κ1) is 17.8. The van der Waals surface area contributed by atoms with Crippen molar-refractivity contribution in [2.45, 2.75) is 62.7 Å². The molecule has 2 aliphatic heterocycles. The van der Waals surface area contributed by atoms with Crippen LogP contribution in [0.1, 0.15) is 54.7 Å². The van der Waals surface area contributed by atoms with E-state index in [2.05, 4.69) is 35.5 Å². The second kappa shape index (κ2) is 6.99. The first-order valence-corrected chi connectivity index (χ1v) is 10.4. The van der Waals surface area contributed by atoms with Gasteiger partial charge in [0.1, 0.15) is 11.9 Å². The molecule has 1 N–H and O–H groups in total. The van der Waals surface area contributed by atoms with Crippen LogP contribution in [0.4, 0.5) is 4.39 Å². The molecule has 3 nitrogen and oxygen atoms in total. The molecule has 0 aromatic heterocycles. The molecule has 1 saturated carbocycles. The maximum absolute atomic E-state index is 14.3. The molecule has 0 radical (unpaired) electrons. The highest BCUT2D eigenvalue weighted by molar-refractivity contribution is 5.71. The Labute approximate surface area is 166 Å². The minimum absolute atomic E-state index is 0.111. The zero-order valence-corrected chi connectivity index (χ0v) is 16.3. The maximum atomic E-state index is 14.3. The van der Waals surface area contributed by atoms with Gasteiger partial charge in [-0.1, -0.05) is 24.3 Å². The van der Waals surface area contributed by atoms with Gasteiger partial charge in [-0.25, -0.2) is 4.39 Å². The van der Waals surface area contributed by atoms with E-state index >= 15 is 0 Å². The fourth-order valence-corrected chi connectivity index (χ4v) is 5.48. The molecule has 2 bridgehead atoms. The van der Waals surface area contributed by atoms with Crippen LogP contribution in [0.25, 0.3) is 11.1 Å². The van der Waals surface area contributed by atoms with Crippen LogP contribution in [0.5, 0.6) is 0 Å².